The van der Waals surface area contributed by atoms with E-state index < -0.39 is 0 Å². The molecule has 0 atom stereocenters. The normalized spacial score (nSPS) is 11.5. The molecule has 2 aromatic heterocycles. The van der Waals surface area contributed by atoms with Crippen molar-refractivity contribution in [1.82, 2.24) is 9.97 Å². The number of anilines is 1. The Balaban J connectivity index is 1.62. The molecule has 1 amide bonds. The first-order valence-corrected chi connectivity index (χ1v) is 10.8. The van der Waals surface area contributed by atoms with E-state index in [4.69, 9.17) is 0 Å². The van der Waals surface area contributed by atoms with Crippen molar-refractivity contribution in [3.05, 3.63) is 47.0 Å². The molecule has 0 saturated heterocycles. The van der Waals surface area contributed by atoms with Gasteiger partial charge in [0.05, 0.1) is 19.9 Å². The van der Waals surface area contributed by atoms with Crippen LogP contribution in [-0.2, 0) is 0 Å². The molecule has 7 heteroatoms. The highest BCUT2D eigenvalue weighted by Gasteiger charge is 2.14. The van der Waals surface area contributed by atoms with Crippen molar-refractivity contribution in [3.8, 4) is 0 Å². The van der Waals surface area contributed by atoms with Crippen LogP contribution in [0, 0.1) is 6.92 Å². The minimum Gasteiger partial charge on any atom is -0.298 e. The first kappa shape index (κ1) is 17.5. The van der Waals surface area contributed by atoms with Crippen LogP contribution in [0.3, 0.4) is 0 Å². The molecular weight excluding hydrogens is 382 g/mol. The number of fused-ring (bicyclic) bond motifs is 3. The molecule has 0 unspecified atom stereocenters. The summed E-state index contributed by atoms with van der Waals surface area (Å²) in [7, 11) is 0. The Morgan fingerprint density at radius 1 is 1.15 bits per heavy atom. The highest BCUT2D eigenvalue weighted by molar-refractivity contribution is 7.99. The van der Waals surface area contributed by atoms with Gasteiger partial charge in [-0.3, -0.25) is 10.1 Å². The molecular formula is C19H17N3OS3. The number of thioether (sulfide) groups is 1. The van der Waals surface area contributed by atoms with Gasteiger partial charge >= 0.3 is 0 Å². The van der Waals surface area contributed by atoms with Gasteiger partial charge in [0, 0.05) is 15.7 Å². The second-order valence-electron chi connectivity index (χ2n) is 6.16. The average Bonchev–Trinajstić information content (AvgIpc) is 3.16. The number of aryl methyl sites for hydroxylation is 1. The summed E-state index contributed by atoms with van der Waals surface area (Å²) in [6, 6.07) is 11.7. The van der Waals surface area contributed by atoms with Gasteiger partial charge in [-0.1, -0.05) is 31.3 Å². The highest BCUT2D eigenvalue weighted by Crippen LogP contribution is 2.35. The third-order valence-corrected chi connectivity index (χ3v) is 6.64. The number of thiazole rings is 2. The molecule has 4 aromatic rings. The van der Waals surface area contributed by atoms with E-state index in [9.17, 15) is 4.79 Å². The summed E-state index contributed by atoms with van der Waals surface area (Å²) in [6.45, 7) is 6.28. The van der Waals surface area contributed by atoms with E-state index in [0.717, 1.165) is 30.3 Å². The Kier molecular flexibility index (Phi) is 4.69. The van der Waals surface area contributed by atoms with Crippen molar-refractivity contribution < 1.29 is 4.79 Å². The second-order valence-corrected chi connectivity index (χ2v) is 10.0. The Labute approximate surface area is 163 Å². The van der Waals surface area contributed by atoms with Gasteiger partial charge in [0.25, 0.3) is 5.91 Å². The summed E-state index contributed by atoms with van der Waals surface area (Å²) < 4.78 is 2.17. The molecule has 26 heavy (non-hydrogen) atoms. The SMILES string of the molecule is Cc1nc2c(ccc3nc(NC(=O)c4cccc(SC(C)C)c4)sc32)s1. The van der Waals surface area contributed by atoms with Crippen LogP contribution in [0.2, 0.25) is 0 Å². The number of hydrogen-bond acceptors (Lipinski definition) is 6. The van der Waals surface area contributed by atoms with Crippen LogP contribution in [0.1, 0.15) is 29.2 Å². The fourth-order valence-corrected chi connectivity index (χ4v) is 5.44. The fraction of sp³-hybridized carbons (Fsp3) is 0.211. The summed E-state index contributed by atoms with van der Waals surface area (Å²) in [5.74, 6) is -0.138. The number of carbonyl (C=O) groups is 1. The van der Waals surface area contributed by atoms with Crippen molar-refractivity contribution in [2.75, 3.05) is 5.32 Å². The number of amides is 1. The summed E-state index contributed by atoms with van der Waals surface area (Å²) >= 11 is 4.89. The van der Waals surface area contributed by atoms with Crippen LogP contribution in [0.5, 0.6) is 0 Å². The number of benzene rings is 2. The molecule has 0 bridgehead atoms. The quantitative estimate of drug-likeness (QED) is 0.430. The zero-order chi connectivity index (χ0) is 18.3. The van der Waals surface area contributed by atoms with Crippen LogP contribution in [-0.4, -0.2) is 21.1 Å². The first-order chi connectivity index (χ1) is 12.5. The molecule has 132 valence electrons. The monoisotopic (exact) mass is 399 g/mol. The van der Waals surface area contributed by atoms with E-state index in [1.807, 2.05) is 43.3 Å². The molecule has 2 aromatic carbocycles. The summed E-state index contributed by atoms with van der Waals surface area (Å²) in [4.78, 5) is 22.9. The lowest BCUT2D eigenvalue weighted by Crippen LogP contribution is -2.11. The summed E-state index contributed by atoms with van der Waals surface area (Å²) in [5, 5.41) is 5.04. The lowest BCUT2D eigenvalue weighted by molar-refractivity contribution is 0.102. The number of aromatic nitrogens is 2. The number of nitrogens with one attached hydrogen (secondary N) is 1. The summed E-state index contributed by atoms with van der Waals surface area (Å²) in [6.07, 6.45) is 0. The lowest BCUT2D eigenvalue weighted by atomic mass is 10.2. The zero-order valence-corrected chi connectivity index (χ0v) is 17.0. The van der Waals surface area contributed by atoms with Crippen molar-refractivity contribution >= 4 is 65.9 Å². The van der Waals surface area contributed by atoms with Crippen LogP contribution in [0.25, 0.3) is 20.4 Å². The number of carbonyl (C=O) groups excluding carboxylic acids is 1. The third kappa shape index (κ3) is 3.47. The predicted molar refractivity (Wildman–Crippen MR) is 113 cm³/mol. The number of nitrogens with zero attached hydrogens (tertiary/aromatic N) is 2. The Hall–Kier alpha value is -1.96. The fourth-order valence-electron chi connectivity index (χ4n) is 2.69. The lowest BCUT2D eigenvalue weighted by Gasteiger charge is -2.07. The Morgan fingerprint density at radius 3 is 2.81 bits per heavy atom. The Bertz CT molecular complexity index is 1110. The van der Waals surface area contributed by atoms with Gasteiger partial charge < -0.3 is 0 Å². The molecule has 0 fully saturated rings. The smallest absolute Gasteiger partial charge is 0.257 e. The second kappa shape index (κ2) is 6.98. The van der Waals surface area contributed by atoms with Gasteiger partial charge in [-0.2, -0.15) is 0 Å². The van der Waals surface area contributed by atoms with Crippen molar-refractivity contribution in [2.24, 2.45) is 0 Å². The van der Waals surface area contributed by atoms with Gasteiger partial charge in [0.1, 0.15) is 5.52 Å². The third-order valence-electron chi connectivity index (χ3n) is 3.71. The van der Waals surface area contributed by atoms with Gasteiger partial charge in [-0.05, 0) is 37.3 Å². The van der Waals surface area contributed by atoms with Crippen molar-refractivity contribution in [3.63, 3.8) is 0 Å². The van der Waals surface area contributed by atoms with Crippen LogP contribution in [0.4, 0.5) is 5.13 Å². The van der Waals surface area contributed by atoms with Crippen LogP contribution >= 0.6 is 34.4 Å². The first-order valence-electron chi connectivity index (χ1n) is 8.24. The average molecular weight is 400 g/mol. The molecule has 0 saturated carbocycles. The minimum atomic E-state index is -0.138. The Morgan fingerprint density at radius 2 is 2.00 bits per heavy atom. The molecule has 4 nitrogen and oxygen atoms in total. The van der Waals surface area contributed by atoms with Gasteiger partial charge in [-0.15, -0.1) is 23.1 Å². The predicted octanol–water partition coefficient (Wildman–Crippen LogP) is 5.97. The molecule has 2 heterocycles. The molecule has 0 spiro atoms. The van der Waals surface area contributed by atoms with Crippen molar-refractivity contribution in [2.45, 2.75) is 30.9 Å². The maximum absolute atomic E-state index is 12.6. The zero-order valence-electron chi connectivity index (χ0n) is 14.6. The van der Waals surface area contributed by atoms with Gasteiger partial charge in [0.15, 0.2) is 5.13 Å². The van der Waals surface area contributed by atoms with E-state index in [0.29, 0.717) is 15.9 Å². The van der Waals surface area contributed by atoms with E-state index in [1.54, 1.807) is 23.1 Å². The van der Waals surface area contributed by atoms with Crippen LogP contribution < -0.4 is 5.32 Å². The van der Waals surface area contributed by atoms with Gasteiger partial charge in [-0.25, -0.2) is 9.97 Å². The maximum atomic E-state index is 12.6. The number of hydrogen-bond donors (Lipinski definition) is 1. The molecule has 0 aliphatic rings. The largest absolute Gasteiger partial charge is 0.298 e. The molecule has 4 rings (SSSR count). The highest BCUT2D eigenvalue weighted by atomic mass is 32.2. The molecule has 0 aliphatic carbocycles. The number of rotatable bonds is 4. The summed E-state index contributed by atoms with van der Waals surface area (Å²) in [5.41, 5.74) is 2.48. The van der Waals surface area contributed by atoms with Crippen LogP contribution in [0.15, 0.2) is 41.3 Å². The van der Waals surface area contributed by atoms with Gasteiger partial charge in [0.2, 0.25) is 0 Å². The standard InChI is InChI=1S/C19H17N3OS3/c1-10(2)24-13-6-4-5-12(9-13)18(23)22-19-21-14-7-8-15-16(17(14)26-19)20-11(3)25-15/h4-10H,1-3H3,(H,21,22,23). The minimum absolute atomic E-state index is 0.138. The maximum Gasteiger partial charge on any atom is 0.257 e. The van der Waals surface area contributed by atoms with E-state index in [-0.39, 0.29) is 5.91 Å². The van der Waals surface area contributed by atoms with E-state index in [1.165, 1.54) is 11.3 Å². The molecule has 0 aliphatic heterocycles. The topological polar surface area (TPSA) is 54.9 Å². The molecule has 0 radical (unpaired) electrons. The van der Waals surface area contributed by atoms with E-state index in [2.05, 4.69) is 29.1 Å². The van der Waals surface area contributed by atoms with E-state index >= 15 is 0 Å². The molecule has 1 N–H and O–H groups in total. The van der Waals surface area contributed by atoms with Crippen molar-refractivity contribution in [1.29, 1.82) is 0 Å².